The maximum atomic E-state index is 12.9. The molecule has 0 saturated carbocycles. The van der Waals surface area contributed by atoms with Crippen molar-refractivity contribution >= 4 is 23.3 Å². The molecule has 6 heteroatoms. The molecular formula is C25H23NO5. The predicted molar refractivity (Wildman–Crippen MR) is 117 cm³/mol. The molecule has 3 aromatic rings. The van der Waals surface area contributed by atoms with E-state index in [0.717, 1.165) is 0 Å². The van der Waals surface area contributed by atoms with Crippen molar-refractivity contribution in [2.75, 3.05) is 12.4 Å². The third-order valence-electron chi connectivity index (χ3n) is 4.58. The number of ether oxygens (including phenoxy) is 2. The minimum Gasteiger partial charge on any atom is -0.497 e. The molecule has 1 atom stereocenters. The van der Waals surface area contributed by atoms with E-state index in [2.05, 4.69) is 5.32 Å². The van der Waals surface area contributed by atoms with Gasteiger partial charge in [0.05, 0.1) is 13.5 Å². The molecule has 0 aliphatic heterocycles. The van der Waals surface area contributed by atoms with Gasteiger partial charge in [-0.25, -0.2) is 0 Å². The molecule has 0 unspecified atom stereocenters. The minimum atomic E-state index is -1.15. The van der Waals surface area contributed by atoms with Gasteiger partial charge in [0.1, 0.15) is 5.75 Å². The molecule has 0 bridgehead atoms. The van der Waals surface area contributed by atoms with Crippen LogP contribution >= 0.6 is 0 Å². The summed E-state index contributed by atoms with van der Waals surface area (Å²) in [6, 6.07) is 24.4. The van der Waals surface area contributed by atoms with Crippen molar-refractivity contribution in [2.45, 2.75) is 18.9 Å². The fraction of sp³-hybridized carbons (Fsp3) is 0.160. The van der Waals surface area contributed by atoms with Crippen LogP contribution in [0.25, 0.3) is 0 Å². The number of nitrogens with one attached hydrogen (secondary N) is 1. The number of benzene rings is 3. The largest absolute Gasteiger partial charge is 0.497 e. The fourth-order valence-electron chi connectivity index (χ4n) is 2.98. The van der Waals surface area contributed by atoms with Gasteiger partial charge in [-0.05, 0) is 12.1 Å². The number of carbonyl (C=O) groups is 3. The van der Waals surface area contributed by atoms with Gasteiger partial charge in [0.2, 0.25) is 6.10 Å². The van der Waals surface area contributed by atoms with E-state index < -0.39 is 18.0 Å². The summed E-state index contributed by atoms with van der Waals surface area (Å²) in [6.07, 6.45) is -1.27. The summed E-state index contributed by atoms with van der Waals surface area (Å²) in [5.41, 5.74) is 1.58. The van der Waals surface area contributed by atoms with Gasteiger partial charge in [0, 0.05) is 29.3 Å². The Hall–Kier alpha value is -3.93. The van der Waals surface area contributed by atoms with Crippen molar-refractivity contribution in [2.24, 2.45) is 0 Å². The summed E-state index contributed by atoms with van der Waals surface area (Å²) in [7, 11) is 1.53. The molecule has 0 aromatic heterocycles. The average molecular weight is 417 g/mol. The van der Waals surface area contributed by atoms with E-state index >= 15 is 0 Å². The van der Waals surface area contributed by atoms with Crippen LogP contribution in [0.15, 0.2) is 84.9 Å². The molecule has 3 aromatic carbocycles. The van der Waals surface area contributed by atoms with E-state index in [-0.39, 0.29) is 18.6 Å². The zero-order valence-electron chi connectivity index (χ0n) is 17.1. The summed E-state index contributed by atoms with van der Waals surface area (Å²) in [5.74, 6) is -0.693. The number of esters is 1. The third kappa shape index (κ3) is 6.27. The number of rotatable bonds is 9. The predicted octanol–water partition coefficient (Wildman–Crippen LogP) is 4.58. The van der Waals surface area contributed by atoms with Crippen LogP contribution in [-0.4, -0.2) is 24.8 Å². The molecule has 0 saturated heterocycles. The molecule has 0 spiro atoms. The zero-order chi connectivity index (χ0) is 22.1. The highest BCUT2D eigenvalue weighted by atomic mass is 16.5. The van der Waals surface area contributed by atoms with E-state index in [1.54, 1.807) is 78.9 Å². The number of ketones is 1. The second kappa shape index (κ2) is 10.7. The van der Waals surface area contributed by atoms with Gasteiger partial charge >= 0.3 is 5.97 Å². The highest BCUT2D eigenvalue weighted by Gasteiger charge is 2.25. The van der Waals surface area contributed by atoms with Crippen molar-refractivity contribution < 1.29 is 23.9 Å². The van der Waals surface area contributed by atoms with Gasteiger partial charge < -0.3 is 14.8 Å². The lowest BCUT2D eigenvalue weighted by atomic mass is 10.1. The number of hydrogen-bond acceptors (Lipinski definition) is 5. The van der Waals surface area contributed by atoms with Gasteiger partial charge in [-0.15, -0.1) is 0 Å². The number of Topliss-reactive ketones (excluding diaryl/α,β-unsaturated/α-hetero) is 1. The van der Waals surface area contributed by atoms with Crippen molar-refractivity contribution in [1.29, 1.82) is 0 Å². The van der Waals surface area contributed by atoms with Gasteiger partial charge in [-0.3, -0.25) is 14.4 Å². The van der Waals surface area contributed by atoms with Crippen LogP contribution in [0.5, 0.6) is 5.75 Å². The van der Waals surface area contributed by atoms with Crippen LogP contribution in [0.3, 0.4) is 0 Å². The van der Waals surface area contributed by atoms with Crippen LogP contribution in [0, 0.1) is 0 Å². The first-order chi connectivity index (χ1) is 15.1. The number of hydrogen-bond donors (Lipinski definition) is 1. The van der Waals surface area contributed by atoms with E-state index in [1.165, 1.54) is 7.11 Å². The van der Waals surface area contributed by atoms with Crippen LogP contribution < -0.4 is 10.1 Å². The normalized spacial score (nSPS) is 11.3. The van der Waals surface area contributed by atoms with Crippen molar-refractivity contribution in [3.05, 3.63) is 96.1 Å². The maximum absolute atomic E-state index is 12.9. The smallest absolute Gasteiger partial charge is 0.307 e. The second-order valence-corrected chi connectivity index (χ2v) is 6.79. The molecule has 31 heavy (non-hydrogen) atoms. The second-order valence-electron chi connectivity index (χ2n) is 6.79. The summed E-state index contributed by atoms with van der Waals surface area (Å²) in [6.45, 7) is 0. The summed E-state index contributed by atoms with van der Waals surface area (Å²) < 4.78 is 10.6. The zero-order valence-corrected chi connectivity index (χ0v) is 17.1. The molecule has 0 radical (unpaired) electrons. The lowest BCUT2D eigenvalue weighted by Gasteiger charge is -2.18. The highest BCUT2D eigenvalue weighted by molar-refractivity contribution is 5.98. The lowest BCUT2D eigenvalue weighted by Crippen LogP contribution is -2.26. The molecule has 1 amide bonds. The molecule has 6 nitrogen and oxygen atoms in total. The lowest BCUT2D eigenvalue weighted by molar-refractivity contribution is -0.154. The van der Waals surface area contributed by atoms with E-state index in [1.807, 2.05) is 6.07 Å². The molecule has 0 heterocycles. The monoisotopic (exact) mass is 417 g/mol. The van der Waals surface area contributed by atoms with Gasteiger partial charge in [0.25, 0.3) is 5.91 Å². The first-order valence-electron chi connectivity index (χ1n) is 9.84. The summed E-state index contributed by atoms with van der Waals surface area (Å²) in [4.78, 5) is 37.6. The van der Waals surface area contributed by atoms with E-state index in [0.29, 0.717) is 22.6 Å². The average Bonchev–Trinajstić information content (AvgIpc) is 2.82. The Labute approximate surface area is 180 Å². The van der Waals surface area contributed by atoms with E-state index in [4.69, 9.17) is 9.47 Å². The van der Waals surface area contributed by atoms with Crippen molar-refractivity contribution in [1.82, 2.24) is 0 Å². The van der Waals surface area contributed by atoms with Crippen LogP contribution in [0.1, 0.15) is 34.9 Å². The highest BCUT2D eigenvalue weighted by Crippen LogP contribution is 2.23. The Bertz CT molecular complexity index is 1030. The fourth-order valence-corrected chi connectivity index (χ4v) is 2.98. The molecule has 1 N–H and O–H groups in total. The van der Waals surface area contributed by atoms with Crippen LogP contribution in [-0.2, 0) is 14.3 Å². The van der Waals surface area contributed by atoms with Gasteiger partial charge in [0.15, 0.2) is 5.78 Å². The van der Waals surface area contributed by atoms with Gasteiger partial charge in [-0.2, -0.15) is 0 Å². The Kier molecular flexibility index (Phi) is 7.54. The standard InChI is InChI=1S/C25H23NO5/c1-30-21-14-8-13-20(17-21)26-25(29)24(19-11-6-3-7-12-19)31-23(28)16-15-22(27)18-9-4-2-5-10-18/h2-14,17,24H,15-16H2,1H3,(H,26,29)/t24-/m1/s1. The Morgan fingerprint density at radius 1 is 0.839 bits per heavy atom. The molecule has 0 fully saturated rings. The Morgan fingerprint density at radius 3 is 2.19 bits per heavy atom. The Morgan fingerprint density at radius 2 is 1.52 bits per heavy atom. The maximum Gasteiger partial charge on any atom is 0.307 e. The quantitative estimate of drug-likeness (QED) is 0.407. The molecule has 3 rings (SSSR count). The van der Waals surface area contributed by atoms with Crippen LogP contribution in [0.2, 0.25) is 0 Å². The molecular weight excluding hydrogens is 394 g/mol. The number of carbonyl (C=O) groups excluding carboxylic acids is 3. The summed E-state index contributed by atoms with van der Waals surface area (Å²) in [5, 5.41) is 2.75. The summed E-state index contributed by atoms with van der Waals surface area (Å²) >= 11 is 0. The number of anilines is 1. The molecule has 0 aliphatic rings. The topological polar surface area (TPSA) is 81.7 Å². The number of methoxy groups -OCH3 is 1. The van der Waals surface area contributed by atoms with Gasteiger partial charge in [-0.1, -0.05) is 66.7 Å². The third-order valence-corrected chi connectivity index (χ3v) is 4.58. The molecule has 0 aliphatic carbocycles. The van der Waals surface area contributed by atoms with Crippen molar-refractivity contribution in [3.63, 3.8) is 0 Å². The SMILES string of the molecule is COc1cccc(NC(=O)[C@H](OC(=O)CCC(=O)c2ccccc2)c2ccccc2)c1. The van der Waals surface area contributed by atoms with E-state index in [9.17, 15) is 14.4 Å². The minimum absolute atomic E-state index is 0.00184. The first-order valence-corrected chi connectivity index (χ1v) is 9.84. The van der Waals surface area contributed by atoms with Crippen molar-refractivity contribution in [3.8, 4) is 5.75 Å². The van der Waals surface area contributed by atoms with Crippen LogP contribution in [0.4, 0.5) is 5.69 Å². The first kappa shape index (κ1) is 21.8. The Balaban J connectivity index is 1.68. The molecule has 158 valence electrons. The number of amides is 1.